The number of aromatic nitrogens is 1. The number of phenolic OH excluding ortho intramolecular Hbond substituents is 1. The number of aromatic hydroxyl groups is 1. The summed E-state index contributed by atoms with van der Waals surface area (Å²) in [6.45, 7) is 1.57. The first-order valence-electron chi connectivity index (χ1n) is 9.70. The molecule has 0 radical (unpaired) electrons. The Morgan fingerprint density at radius 3 is 2.50 bits per heavy atom. The van der Waals surface area contributed by atoms with Crippen LogP contribution in [0.5, 0.6) is 5.75 Å². The van der Waals surface area contributed by atoms with Crippen LogP contribution in [0.3, 0.4) is 0 Å². The van der Waals surface area contributed by atoms with Crippen molar-refractivity contribution in [3.63, 3.8) is 0 Å². The smallest absolute Gasteiger partial charge is 0.133 e. The molecule has 7 heteroatoms. The van der Waals surface area contributed by atoms with Crippen molar-refractivity contribution in [2.45, 2.75) is 12.5 Å². The SMILES string of the molecule is CN(C)C1CCN(c2cc(-c3c(F)cccc3F)cc(-c3cc(Br)ccc3O)n2)C1. The second kappa shape index (κ2) is 8.32. The van der Waals surface area contributed by atoms with Gasteiger partial charge in [0, 0.05) is 29.2 Å². The maximum Gasteiger partial charge on any atom is 0.133 e. The number of halogens is 3. The number of likely N-dealkylation sites (N-methyl/N-ethyl adjacent to an activating group) is 1. The molecule has 1 aliphatic rings. The van der Waals surface area contributed by atoms with Crippen molar-refractivity contribution in [1.82, 2.24) is 9.88 Å². The summed E-state index contributed by atoms with van der Waals surface area (Å²) in [7, 11) is 4.08. The van der Waals surface area contributed by atoms with Crippen molar-refractivity contribution >= 4 is 21.7 Å². The van der Waals surface area contributed by atoms with Gasteiger partial charge in [0.05, 0.1) is 11.3 Å². The van der Waals surface area contributed by atoms with Gasteiger partial charge < -0.3 is 14.9 Å². The highest BCUT2D eigenvalue weighted by Crippen LogP contribution is 2.37. The number of hydrogen-bond acceptors (Lipinski definition) is 4. The number of anilines is 1. The highest BCUT2D eigenvalue weighted by molar-refractivity contribution is 9.10. The van der Waals surface area contributed by atoms with E-state index in [4.69, 9.17) is 4.98 Å². The van der Waals surface area contributed by atoms with Gasteiger partial charge in [-0.15, -0.1) is 0 Å². The average molecular weight is 474 g/mol. The molecular weight excluding hydrogens is 452 g/mol. The van der Waals surface area contributed by atoms with Crippen molar-refractivity contribution < 1.29 is 13.9 Å². The van der Waals surface area contributed by atoms with Gasteiger partial charge in [-0.3, -0.25) is 0 Å². The standard InChI is InChI=1S/C23H22BrF2N3O/c1-28(2)16-8-9-29(13-16)22-11-14(23-18(25)4-3-5-19(23)26)10-20(27-22)17-12-15(24)6-7-21(17)30/h3-7,10-12,16,30H,8-9,13H2,1-2H3. The Balaban J connectivity index is 1.88. The second-order valence-corrected chi connectivity index (χ2v) is 8.63. The number of pyridine rings is 1. The number of nitrogens with zero attached hydrogens (tertiary/aromatic N) is 3. The normalized spacial score (nSPS) is 16.5. The van der Waals surface area contributed by atoms with E-state index in [2.05, 4.69) is 25.7 Å². The maximum atomic E-state index is 14.6. The lowest BCUT2D eigenvalue weighted by Crippen LogP contribution is -2.31. The summed E-state index contributed by atoms with van der Waals surface area (Å²) in [5, 5.41) is 10.4. The molecule has 0 spiro atoms. The third-order valence-corrected chi connectivity index (χ3v) is 6.01. The van der Waals surface area contributed by atoms with Crippen LogP contribution in [0.15, 0.2) is 53.0 Å². The fraction of sp³-hybridized carbons (Fsp3) is 0.261. The van der Waals surface area contributed by atoms with E-state index in [9.17, 15) is 13.9 Å². The molecule has 1 atom stereocenters. The van der Waals surface area contributed by atoms with Crippen LogP contribution < -0.4 is 4.90 Å². The maximum absolute atomic E-state index is 14.6. The van der Waals surface area contributed by atoms with Crippen molar-refractivity contribution in [3.05, 3.63) is 64.6 Å². The molecule has 0 bridgehead atoms. The van der Waals surface area contributed by atoms with Crippen LogP contribution in [0.25, 0.3) is 22.4 Å². The van der Waals surface area contributed by atoms with Crippen LogP contribution in [0.4, 0.5) is 14.6 Å². The van der Waals surface area contributed by atoms with Crippen LogP contribution >= 0.6 is 15.9 Å². The minimum Gasteiger partial charge on any atom is -0.507 e. The third kappa shape index (κ3) is 4.04. The van der Waals surface area contributed by atoms with Crippen molar-refractivity contribution in [1.29, 1.82) is 0 Å². The largest absolute Gasteiger partial charge is 0.507 e. The fourth-order valence-corrected chi connectivity index (χ4v) is 4.18. The fourth-order valence-electron chi connectivity index (χ4n) is 3.82. The summed E-state index contributed by atoms with van der Waals surface area (Å²) >= 11 is 3.41. The highest BCUT2D eigenvalue weighted by Gasteiger charge is 2.26. The molecule has 4 nitrogen and oxygen atoms in total. The molecule has 156 valence electrons. The van der Waals surface area contributed by atoms with Crippen LogP contribution in [-0.4, -0.2) is 48.2 Å². The zero-order chi connectivity index (χ0) is 21.4. The Bertz CT molecular complexity index is 1070. The molecule has 0 amide bonds. The van der Waals surface area contributed by atoms with Gasteiger partial charge in [-0.1, -0.05) is 22.0 Å². The van der Waals surface area contributed by atoms with E-state index in [-0.39, 0.29) is 11.3 Å². The van der Waals surface area contributed by atoms with Crippen LogP contribution in [0.1, 0.15) is 6.42 Å². The van der Waals surface area contributed by atoms with Gasteiger partial charge in [0.25, 0.3) is 0 Å². The van der Waals surface area contributed by atoms with E-state index in [1.165, 1.54) is 18.2 Å². The van der Waals surface area contributed by atoms with Crippen molar-refractivity contribution in [2.75, 3.05) is 32.1 Å². The molecule has 1 N–H and O–H groups in total. The minimum absolute atomic E-state index is 0.0513. The number of phenols is 1. The molecule has 2 aromatic carbocycles. The van der Waals surface area contributed by atoms with Gasteiger partial charge in [0.1, 0.15) is 23.2 Å². The molecule has 30 heavy (non-hydrogen) atoms. The molecule has 1 aliphatic heterocycles. The predicted molar refractivity (Wildman–Crippen MR) is 119 cm³/mol. The molecule has 0 aliphatic carbocycles. The first-order valence-corrected chi connectivity index (χ1v) is 10.5. The third-order valence-electron chi connectivity index (χ3n) is 5.52. The number of rotatable bonds is 4. The monoisotopic (exact) mass is 473 g/mol. The Hall–Kier alpha value is -2.51. The van der Waals surface area contributed by atoms with E-state index >= 15 is 0 Å². The zero-order valence-electron chi connectivity index (χ0n) is 16.7. The molecule has 0 saturated carbocycles. The van der Waals surface area contributed by atoms with Gasteiger partial charge in [0.2, 0.25) is 0 Å². The van der Waals surface area contributed by atoms with Gasteiger partial charge in [-0.2, -0.15) is 0 Å². The first-order chi connectivity index (χ1) is 14.3. The summed E-state index contributed by atoms with van der Waals surface area (Å²) in [5.74, 6) is -0.586. The van der Waals surface area contributed by atoms with Gasteiger partial charge in [-0.25, -0.2) is 13.8 Å². The summed E-state index contributed by atoms with van der Waals surface area (Å²) in [6.07, 6.45) is 0.977. The minimum atomic E-state index is -0.635. The van der Waals surface area contributed by atoms with Gasteiger partial charge in [-0.05, 0) is 68.5 Å². The van der Waals surface area contributed by atoms with E-state index < -0.39 is 11.6 Å². The lowest BCUT2D eigenvalue weighted by atomic mass is 10.0. The molecular formula is C23H22BrF2N3O. The molecule has 2 heterocycles. The number of hydrogen-bond donors (Lipinski definition) is 1. The second-order valence-electron chi connectivity index (χ2n) is 7.71. The van der Waals surface area contributed by atoms with E-state index in [1.54, 1.807) is 30.3 Å². The molecule has 1 saturated heterocycles. The summed E-state index contributed by atoms with van der Waals surface area (Å²) in [4.78, 5) is 9.03. The predicted octanol–water partition coefficient (Wildman–Crippen LogP) is 5.30. The van der Waals surface area contributed by atoms with Crippen LogP contribution in [0.2, 0.25) is 0 Å². The first kappa shape index (κ1) is 20.8. The van der Waals surface area contributed by atoms with Crippen LogP contribution in [-0.2, 0) is 0 Å². The number of benzene rings is 2. The Kier molecular flexibility index (Phi) is 5.75. The highest BCUT2D eigenvalue weighted by atomic mass is 79.9. The zero-order valence-corrected chi connectivity index (χ0v) is 18.3. The lowest BCUT2D eigenvalue weighted by Gasteiger charge is -2.22. The van der Waals surface area contributed by atoms with Gasteiger partial charge in [0.15, 0.2) is 0 Å². The van der Waals surface area contributed by atoms with E-state index in [1.807, 2.05) is 14.1 Å². The summed E-state index contributed by atoms with van der Waals surface area (Å²) in [5.41, 5.74) is 1.24. The average Bonchev–Trinajstić information content (AvgIpc) is 3.20. The van der Waals surface area contributed by atoms with Crippen LogP contribution in [0, 0.1) is 11.6 Å². The topological polar surface area (TPSA) is 39.6 Å². The molecule has 1 aromatic heterocycles. The van der Waals surface area contributed by atoms with Crippen molar-refractivity contribution in [2.24, 2.45) is 0 Å². The Morgan fingerprint density at radius 1 is 1.10 bits per heavy atom. The van der Waals surface area contributed by atoms with E-state index in [0.29, 0.717) is 28.7 Å². The molecule has 4 rings (SSSR count). The molecule has 3 aromatic rings. The van der Waals surface area contributed by atoms with E-state index in [0.717, 1.165) is 24.0 Å². The summed E-state index contributed by atoms with van der Waals surface area (Å²) < 4.78 is 29.9. The van der Waals surface area contributed by atoms with Gasteiger partial charge >= 0.3 is 0 Å². The lowest BCUT2D eigenvalue weighted by molar-refractivity contribution is 0.315. The Morgan fingerprint density at radius 2 is 1.83 bits per heavy atom. The summed E-state index contributed by atoms with van der Waals surface area (Å²) in [6, 6.07) is 12.6. The quantitative estimate of drug-likeness (QED) is 0.557. The Labute approximate surface area is 182 Å². The molecule has 1 fully saturated rings. The molecule has 1 unspecified atom stereocenters. The van der Waals surface area contributed by atoms with Crippen molar-refractivity contribution in [3.8, 4) is 28.1 Å².